The highest BCUT2D eigenvalue weighted by atomic mass is 35.5. The van der Waals surface area contributed by atoms with Crippen molar-refractivity contribution in [2.24, 2.45) is 0 Å². The molecule has 0 radical (unpaired) electrons. The molecule has 1 N–H and O–H groups in total. The largest absolute Gasteiger partial charge is 0.387 e. The Hall–Kier alpha value is -0.540. The Morgan fingerprint density at radius 2 is 2.21 bits per heavy atom. The Bertz CT molecular complexity index is 296. The van der Waals surface area contributed by atoms with Crippen molar-refractivity contribution in [2.75, 3.05) is 0 Å². The summed E-state index contributed by atoms with van der Waals surface area (Å²) in [6.45, 7) is 6.07. The number of halogens is 1. The molecule has 0 fully saturated rings. The average Bonchev–Trinajstić information content (AvgIpc) is 2.47. The number of aromatic nitrogens is 2. The first-order valence-corrected chi connectivity index (χ1v) is 5.36. The van der Waals surface area contributed by atoms with Crippen LogP contribution in [-0.2, 0) is 0 Å². The lowest BCUT2D eigenvalue weighted by molar-refractivity contribution is 0.153. The van der Waals surface area contributed by atoms with E-state index in [4.69, 9.17) is 11.6 Å². The zero-order valence-corrected chi connectivity index (χ0v) is 9.62. The normalized spacial score (nSPS) is 13.6. The summed E-state index contributed by atoms with van der Waals surface area (Å²) in [5.74, 6) is 0. The van der Waals surface area contributed by atoms with E-state index in [1.54, 1.807) is 10.9 Å². The van der Waals surface area contributed by atoms with Gasteiger partial charge in [-0.1, -0.05) is 24.9 Å². The van der Waals surface area contributed by atoms with Crippen molar-refractivity contribution in [3.8, 4) is 0 Å². The van der Waals surface area contributed by atoms with Gasteiger partial charge in [-0.15, -0.1) is 0 Å². The number of hydrogen-bond acceptors (Lipinski definition) is 2. The van der Waals surface area contributed by atoms with Gasteiger partial charge in [-0.2, -0.15) is 5.10 Å². The Balaban J connectivity index is 2.98. The lowest BCUT2D eigenvalue weighted by Crippen LogP contribution is -2.11. The quantitative estimate of drug-likeness (QED) is 0.841. The predicted octanol–water partition coefficient (Wildman–Crippen LogP) is 2.95. The second-order valence-electron chi connectivity index (χ2n) is 3.72. The van der Waals surface area contributed by atoms with Gasteiger partial charge >= 0.3 is 0 Å². The summed E-state index contributed by atoms with van der Waals surface area (Å²) in [7, 11) is 0. The summed E-state index contributed by atoms with van der Waals surface area (Å²) in [5.41, 5.74) is 0.739. The van der Waals surface area contributed by atoms with E-state index >= 15 is 0 Å². The van der Waals surface area contributed by atoms with Crippen LogP contribution in [-0.4, -0.2) is 14.9 Å². The second-order valence-corrected chi connectivity index (χ2v) is 4.13. The van der Waals surface area contributed by atoms with Gasteiger partial charge in [0.25, 0.3) is 0 Å². The average molecular weight is 217 g/mol. The van der Waals surface area contributed by atoms with Crippen LogP contribution in [0.1, 0.15) is 51.5 Å². The number of rotatable bonds is 4. The zero-order valence-electron chi connectivity index (χ0n) is 8.87. The molecule has 1 unspecified atom stereocenters. The van der Waals surface area contributed by atoms with Gasteiger partial charge in [-0.25, -0.2) is 0 Å². The third-order valence-corrected chi connectivity index (χ3v) is 2.45. The van der Waals surface area contributed by atoms with Crippen LogP contribution in [0.5, 0.6) is 0 Å². The van der Waals surface area contributed by atoms with E-state index in [-0.39, 0.29) is 6.04 Å². The van der Waals surface area contributed by atoms with Crippen LogP contribution in [0.2, 0.25) is 5.02 Å². The lowest BCUT2D eigenvalue weighted by Gasteiger charge is -2.15. The molecule has 1 aromatic rings. The van der Waals surface area contributed by atoms with Crippen molar-refractivity contribution < 1.29 is 5.11 Å². The van der Waals surface area contributed by atoms with E-state index in [9.17, 15) is 5.11 Å². The molecule has 80 valence electrons. The van der Waals surface area contributed by atoms with Gasteiger partial charge in [0.05, 0.1) is 23.0 Å². The Morgan fingerprint density at radius 3 is 2.71 bits per heavy atom. The van der Waals surface area contributed by atoms with Gasteiger partial charge in [-0.05, 0) is 20.3 Å². The minimum absolute atomic E-state index is 0.226. The van der Waals surface area contributed by atoms with Crippen molar-refractivity contribution in [1.82, 2.24) is 9.78 Å². The first kappa shape index (κ1) is 11.5. The molecule has 0 aliphatic rings. The molecule has 14 heavy (non-hydrogen) atoms. The van der Waals surface area contributed by atoms with E-state index in [1.165, 1.54) is 0 Å². The molecule has 0 saturated carbocycles. The van der Waals surface area contributed by atoms with Crippen LogP contribution < -0.4 is 0 Å². The fourth-order valence-electron chi connectivity index (χ4n) is 1.48. The lowest BCUT2D eigenvalue weighted by atomic mass is 10.1. The number of aliphatic hydroxyl groups is 1. The first-order valence-electron chi connectivity index (χ1n) is 4.98. The topological polar surface area (TPSA) is 38.1 Å². The van der Waals surface area contributed by atoms with Crippen LogP contribution in [0.25, 0.3) is 0 Å². The van der Waals surface area contributed by atoms with E-state index in [0.717, 1.165) is 18.5 Å². The molecule has 0 amide bonds. The second kappa shape index (κ2) is 4.80. The fraction of sp³-hybridized carbons (Fsp3) is 0.700. The van der Waals surface area contributed by atoms with Gasteiger partial charge in [0.1, 0.15) is 0 Å². The maximum Gasteiger partial charge on any atom is 0.0971 e. The minimum atomic E-state index is -0.502. The van der Waals surface area contributed by atoms with Crippen molar-refractivity contribution in [3.63, 3.8) is 0 Å². The number of nitrogens with zero attached hydrogens (tertiary/aromatic N) is 2. The van der Waals surface area contributed by atoms with Crippen molar-refractivity contribution >= 4 is 11.6 Å². The zero-order chi connectivity index (χ0) is 10.7. The molecule has 4 heteroatoms. The molecule has 0 bridgehead atoms. The molecular weight excluding hydrogens is 200 g/mol. The molecule has 0 aliphatic carbocycles. The maximum atomic E-state index is 9.87. The first-order chi connectivity index (χ1) is 6.57. The summed E-state index contributed by atoms with van der Waals surface area (Å²) in [4.78, 5) is 0. The van der Waals surface area contributed by atoms with Crippen molar-refractivity contribution in [3.05, 3.63) is 16.9 Å². The van der Waals surface area contributed by atoms with E-state index < -0.39 is 6.10 Å². The molecule has 1 rings (SSSR count). The summed E-state index contributed by atoms with van der Waals surface area (Å²) in [6, 6.07) is 0.226. The van der Waals surface area contributed by atoms with Gasteiger partial charge in [0, 0.05) is 6.04 Å². The van der Waals surface area contributed by atoms with Crippen molar-refractivity contribution in [2.45, 2.75) is 45.8 Å². The van der Waals surface area contributed by atoms with E-state index in [0.29, 0.717) is 5.02 Å². The third-order valence-electron chi connectivity index (χ3n) is 2.15. The van der Waals surface area contributed by atoms with Crippen LogP contribution >= 0.6 is 11.6 Å². The van der Waals surface area contributed by atoms with Gasteiger partial charge < -0.3 is 5.11 Å². The Morgan fingerprint density at radius 1 is 1.57 bits per heavy atom. The fourth-order valence-corrected chi connectivity index (χ4v) is 1.74. The van der Waals surface area contributed by atoms with Crippen LogP contribution in [0.4, 0.5) is 0 Å². The molecule has 0 spiro atoms. The Labute approximate surface area is 89.7 Å². The molecule has 0 aromatic carbocycles. The van der Waals surface area contributed by atoms with Crippen LogP contribution in [0.15, 0.2) is 6.20 Å². The summed E-state index contributed by atoms with van der Waals surface area (Å²) in [6.07, 6.45) is 2.74. The summed E-state index contributed by atoms with van der Waals surface area (Å²) >= 11 is 5.98. The van der Waals surface area contributed by atoms with E-state index in [2.05, 4.69) is 5.10 Å². The molecule has 1 aromatic heterocycles. The monoisotopic (exact) mass is 216 g/mol. The molecule has 1 heterocycles. The molecule has 0 aliphatic heterocycles. The highest BCUT2D eigenvalue weighted by Crippen LogP contribution is 2.27. The summed E-state index contributed by atoms with van der Waals surface area (Å²) in [5, 5.41) is 14.6. The van der Waals surface area contributed by atoms with Crippen LogP contribution in [0, 0.1) is 0 Å². The Kier molecular flexibility index (Phi) is 3.96. The maximum absolute atomic E-state index is 9.87. The van der Waals surface area contributed by atoms with Gasteiger partial charge in [0.15, 0.2) is 0 Å². The highest BCUT2D eigenvalue weighted by molar-refractivity contribution is 6.31. The minimum Gasteiger partial charge on any atom is -0.387 e. The van der Waals surface area contributed by atoms with Crippen molar-refractivity contribution in [1.29, 1.82) is 0 Å². The SMILES string of the molecule is CCCC(O)c1c(Cl)cnn1C(C)C. The molecule has 0 saturated heterocycles. The predicted molar refractivity (Wildman–Crippen MR) is 57.5 cm³/mol. The van der Waals surface area contributed by atoms with Gasteiger partial charge in [0.2, 0.25) is 0 Å². The molecule has 1 atom stereocenters. The standard InChI is InChI=1S/C10H17ClN2O/c1-4-5-9(14)10-8(11)6-12-13(10)7(2)3/h6-7,9,14H,4-5H2,1-3H3. The number of hydrogen-bond donors (Lipinski definition) is 1. The molecular formula is C10H17ClN2O. The van der Waals surface area contributed by atoms with E-state index in [1.807, 2.05) is 20.8 Å². The number of aliphatic hydroxyl groups excluding tert-OH is 1. The van der Waals surface area contributed by atoms with Crippen LogP contribution in [0.3, 0.4) is 0 Å². The third kappa shape index (κ3) is 2.28. The smallest absolute Gasteiger partial charge is 0.0971 e. The molecule has 3 nitrogen and oxygen atoms in total. The van der Waals surface area contributed by atoms with Gasteiger partial charge in [-0.3, -0.25) is 4.68 Å². The highest BCUT2D eigenvalue weighted by Gasteiger charge is 2.18. The summed E-state index contributed by atoms with van der Waals surface area (Å²) < 4.78 is 1.78.